The first kappa shape index (κ1) is 20.8. The van der Waals surface area contributed by atoms with Gasteiger partial charge in [-0.3, -0.25) is 14.9 Å². The van der Waals surface area contributed by atoms with E-state index in [1.807, 2.05) is 30.3 Å². The normalized spacial score (nSPS) is 14.6. The monoisotopic (exact) mass is 396 g/mol. The Labute approximate surface area is 171 Å². The van der Waals surface area contributed by atoms with E-state index < -0.39 is 4.92 Å². The molecule has 1 fully saturated rings. The van der Waals surface area contributed by atoms with Crippen LogP contribution in [0.5, 0.6) is 0 Å². The maximum Gasteiger partial charge on any atom is 0.293 e. The number of anilines is 1. The second kappa shape index (κ2) is 10.0. The van der Waals surface area contributed by atoms with Crippen LogP contribution in [0.1, 0.15) is 35.7 Å². The number of likely N-dealkylation sites (tertiary alicyclic amines) is 1. The zero-order chi connectivity index (χ0) is 20.6. The molecule has 2 aromatic rings. The van der Waals surface area contributed by atoms with Gasteiger partial charge >= 0.3 is 0 Å². The number of nitro benzene ring substituents is 1. The standard InChI is InChI=1S/C22H28N4O3/c1-2-23-15-18-10-12-25(13-11-18)22(27)19-8-9-20(21(14-19)26(28)29)24-16-17-6-4-3-5-7-17/h3-9,14,18,23-24H,2,10-13,15-16H2,1H3. The van der Waals surface area contributed by atoms with Gasteiger partial charge in [-0.1, -0.05) is 37.3 Å². The van der Waals surface area contributed by atoms with Crippen molar-refractivity contribution in [2.75, 3.05) is 31.5 Å². The van der Waals surface area contributed by atoms with E-state index in [0.717, 1.165) is 31.5 Å². The summed E-state index contributed by atoms with van der Waals surface area (Å²) in [6.07, 6.45) is 1.91. The van der Waals surface area contributed by atoms with E-state index in [1.165, 1.54) is 6.07 Å². The van der Waals surface area contributed by atoms with Crippen molar-refractivity contribution < 1.29 is 9.72 Å². The van der Waals surface area contributed by atoms with E-state index in [9.17, 15) is 14.9 Å². The number of hydrogen-bond acceptors (Lipinski definition) is 5. The van der Waals surface area contributed by atoms with E-state index in [-0.39, 0.29) is 11.6 Å². The molecule has 1 amide bonds. The predicted octanol–water partition coefficient (Wildman–Crippen LogP) is 3.67. The van der Waals surface area contributed by atoms with Crippen LogP contribution < -0.4 is 10.6 Å². The van der Waals surface area contributed by atoms with Gasteiger partial charge in [0, 0.05) is 31.3 Å². The highest BCUT2D eigenvalue weighted by molar-refractivity contribution is 5.95. The van der Waals surface area contributed by atoms with Crippen molar-refractivity contribution in [3.8, 4) is 0 Å². The molecular formula is C22H28N4O3. The fourth-order valence-electron chi connectivity index (χ4n) is 3.63. The third-order valence-corrected chi connectivity index (χ3v) is 5.35. The molecule has 0 spiro atoms. The third-order valence-electron chi connectivity index (χ3n) is 5.35. The predicted molar refractivity (Wildman–Crippen MR) is 114 cm³/mol. The number of nitro groups is 1. The van der Waals surface area contributed by atoms with Gasteiger partial charge in [0.1, 0.15) is 5.69 Å². The molecule has 7 nitrogen and oxygen atoms in total. The molecule has 3 rings (SSSR count). The molecule has 0 atom stereocenters. The lowest BCUT2D eigenvalue weighted by Crippen LogP contribution is -2.40. The fraction of sp³-hybridized carbons (Fsp3) is 0.409. The molecule has 0 radical (unpaired) electrons. The molecule has 0 aliphatic carbocycles. The number of carbonyl (C=O) groups excluding carboxylic acids is 1. The van der Waals surface area contributed by atoms with Crippen LogP contribution in [0.15, 0.2) is 48.5 Å². The van der Waals surface area contributed by atoms with Gasteiger partial charge in [0.25, 0.3) is 11.6 Å². The molecule has 2 aromatic carbocycles. The highest BCUT2D eigenvalue weighted by atomic mass is 16.6. The van der Waals surface area contributed by atoms with Crippen LogP contribution in [0.3, 0.4) is 0 Å². The Morgan fingerprint density at radius 1 is 1.17 bits per heavy atom. The Kier molecular flexibility index (Phi) is 7.19. The van der Waals surface area contributed by atoms with Crippen molar-refractivity contribution in [2.24, 2.45) is 5.92 Å². The molecule has 1 aliphatic heterocycles. The topological polar surface area (TPSA) is 87.5 Å². The number of nitrogens with zero attached hydrogens (tertiary/aromatic N) is 2. The highest BCUT2D eigenvalue weighted by Gasteiger charge is 2.25. The summed E-state index contributed by atoms with van der Waals surface area (Å²) in [6.45, 7) is 5.88. The SMILES string of the molecule is CCNCC1CCN(C(=O)c2ccc(NCc3ccccc3)c([N+](=O)[O-])c2)CC1. The quantitative estimate of drug-likeness (QED) is 0.525. The van der Waals surface area contributed by atoms with Crippen LogP contribution in [0, 0.1) is 16.0 Å². The Morgan fingerprint density at radius 2 is 1.90 bits per heavy atom. The summed E-state index contributed by atoms with van der Waals surface area (Å²) in [5.74, 6) is 0.447. The second-order valence-corrected chi connectivity index (χ2v) is 7.37. The number of carbonyl (C=O) groups is 1. The van der Waals surface area contributed by atoms with Gasteiger partial charge in [-0.2, -0.15) is 0 Å². The summed E-state index contributed by atoms with van der Waals surface area (Å²) >= 11 is 0. The van der Waals surface area contributed by atoms with Crippen molar-refractivity contribution in [2.45, 2.75) is 26.3 Å². The summed E-state index contributed by atoms with van der Waals surface area (Å²) in [6, 6.07) is 14.4. The summed E-state index contributed by atoms with van der Waals surface area (Å²) in [4.78, 5) is 25.8. The zero-order valence-electron chi connectivity index (χ0n) is 16.8. The first-order valence-corrected chi connectivity index (χ1v) is 10.1. The van der Waals surface area contributed by atoms with Crippen LogP contribution in [-0.4, -0.2) is 41.9 Å². The van der Waals surface area contributed by atoms with Crippen LogP contribution in [0.4, 0.5) is 11.4 Å². The highest BCUT2D eigenvalue weighted by Crippen LogP contribution is 2.27. The minimum Gasteiger partial charge on any atom is -0.375 e. The maximum atomic E-state index is 12.9. The first-order chi connectivity index (χ1) is 14.1. The molecule has 0 aromatic heterocycles. The van der Waals surface area contributed by atoms with E-state index in [4.69, 9.17) is 0 Å². The average molecular weight is 396 g/mol. The van der Waals surface area contributed by atoms with Gasteiger partial charge < -0.3 is 15.5 Å². The number of hydrogen-bond donors (Lipinski definition) is 2. The van der Waals surface area contributed by atoms with Crippen LogP contribution in [0.25, 0.3) is 0 Å². The van der Waals surface area contributed by atoms with Crippen molar-refractivity contribution in [3.05, 3.63) is 69.8 Å². The zero-order valence-corrected chi connectivity index (χ0v) is 16.8. The van der Waals surface area contributed by atoms with E-state index in [1.54, 1.807) is 17.0 Å². The second-order valence-electron chi connectivity index (χ2n) is 7.37. The summed E-state index contributed by atoms with van der Waals surface area (Å²) in [5.41, 5.74) is 1.74. The van der Waals surface area contributed by atoms with Crippen molar-refractivity contribution in [3.63, 3.8) is 0 Å². The van der Waals surface area contributed by atoms with Crippen LogP contribution in [-0.2, 0) is 6.54 Å². The van der Waals surface area contributed by atoms with Crippen molar-refractivity contribution in [1.29, 1.82) is 0 Å². The molecule has 0 bridgehead atoms. The minimum atomic E-state index is -0.438. The number of rotatable bonds is 8. The molecule has 0 saturated carbocycles. The van der Waals surface area contributed by atoms with Gasteiger partial charge in [0.05, 0.1) is 4.92 Å². The van der Waals surface area contributed by atoms with Crippen molar-refractivity contribution in [1.82, 2.24) is 10.2 Å². The van der Waals surface area contributed by atoms with E-state index in [0.29, 0.717) is 36.8 Å². The lowest BCUT2D eigenvalue weighted by Gasteiger charge is -2.32. The third kappa shape index (κ3) is 5.54. The fourth-order valence-corrected chi connectivity index (χ4v) is 3.63. The van der Waals surface area contributed by atoms with Crippen LogP contribution in [0.2, 0.25) is 0 Å². The molecular weight excluding hydrogens is 368 g/mol. The van der Waals surface area contributed by atoms with Gasteiger partial charge in [0.2, 0.25) is 0 Å². The van der Waals surface area contributed by atoms with Gasteiger partial charge in [-0.15, -0.1) is 0 Å². The van der Waals surface area contributed by atoms with E-state index >= 15 is 0 Å². The first-order valence-electron chi connectivity index (χ1n) is 10.1. The molecule has 0 unspecified atom stereocenters. The number of amides is 1. The molecule has 2 N–H and O–H groups in total. The molecule has 1 saturated heterocycles. The maximum absolute atomic E-state index is 12.9. The number of piperidine rings is 1. The smallest absolute Gasteiger partial charge is 0.293 e. The summed E-state index contributed by atoms with van der Waals surface area (Å²) in [7, 11) is 0. The van der Waals surface area contributed by atoms with Gasteiger partial charge in [0.15, 0.2) is 0 Å². The van der Waals surface area contributed by atoms with Gasteiger partial charge in [-0.25, -0.2) is 0 Å². The van der Waals surface area contributed by atoms with Crippen LogP contribution >= 0.6 is 0 Å². The minimum absolute atomic E-state index is 0.0752. The number of benzene rings is 2. The molecule has 1 aliphatic rings. The molecule has 29 heavy (non-hydrogen) atoms. The summed E-state index contributed by atoms with van der Waals surface area (Å²) < 4.78 is 0. The largest absolute Gasteiger partial charge is 0.375 e. The molecule has 154 valence electrons. The average Bonchev–Trinajstić information content (AvgIpc) is 2.76. The Morgan fingerprint density at radius 3 is 2.55 bits per heavy atom. The lowest BCUT2D eigenvalue weighted by atomic mass is 9.96. The lowest BCUT2D eigenvalue weighted by molar-refractivity contribution is -0.384. The van der Waals surface area contributed by atoms with Gasteiger partial charge in [-0.05, 0) is 49.5 Å². The molecule has 7 heteroatoms. The Hall–Kier alpha value is -2.93. The van der Waals surface area contributed by atoms with Crippen molar-refractivity contribution >= 4 is 17.3 Å². The Bertz CT molecular complexity index is 833. The van der Waals surface area contributed by atoms with E-state index in [2.05, 4.69) is 17.6 Å². The Balaban J connectivity index is 1.66. The molecule has 1 heterocycles. The summed E-state index contributed by atoms with van der Waals surface area (Å²) in [5, 5.41) is 18.0. The number of nitrogens with one attached hydrogen (secondary N) is 2.